The molecule has 1 aliphatic carbocycles. The predicted molar refractivity (Wildman–Crippen MR) is 76.9 cm³/mol. The molecule has 106 valence electrons. The van der Waals surface area contributed by atoms with Crippen LogP contribution in [0.15, 0.2) is 30.3 Å². The van der Waals surface area contributed by atoms with Crippen molar-refractivity contribution in [1.29, 1.82) is 0 Å². The Kier molecular flexibility index (Phi) is 4.56. The summed E-state index contributed by atoms with van der Waals surface area (Å²) in [6.45, 7) is 0.595. The number of benzene rings is 1. The number of carboxylic acids is 1. The van der Waals surface area contributed by atoms with Crippen molar-refractivity contribution in [3.63, 3.8) is 0 Å². The highest BCUT2D eigenvalue weighted by atomic mass is 16.4. The molecule has 1 N–H and O–H groups in total. The van der Waals surface area contributed by atoms with Gasteiger partial charge in [-0.15, -0.1) is 0 Å². The molecular formula is C16H19NO3. The van der Waals surface area contributed by atoms with Gasteiger partial charge in [0.25, 0.3) is 0 Å². The number of amides is 1. The zero-order valence-electron chi connectivity index (χ0n) is 11.6. The molecule has 0 heterocycles. The van der Waals surface area contributed by atoms with Crippen LogP contribution >= 0.6 is 0 Å². The lowest BCUT2D eigenvalue weighted by molar-refractivity contribution is -0.137. The molecule has 0 radical (unpaired) electrons. The van der Waals surface area contributed by atoms with Crippen LogP contribution < -0.4 is 0 Å². The molecule has 0 saturated heterocycles. The minimum atomic E-state index is -0.958. The number of carboxylic acid groups (broad SMARTS) is 1. The number of carbonyl (C=O) groups is 2. The standard InChI is InChI=1S/C16H19NO3/c1-17(16(20)14-3-2-4-14)11-13-7-5-12(6-8-13)9-10-15(18)19/h5-10,14H,2-4,11H2,1H3,(H,18,19). The Labute approximate surface area is 118 Å². The van der Waals surface area contributed by atoms with Gasteiger partial charge in [0.1, 0.15) is 0 Å². The third-order valence-electron chi connectivity index (χ3n) is 3.65. The maximum atomic E-state index is 12.0. The van der Waals surface area contributed by atoms with Crippen LogP contribution in [0.4, 0.5) is 0 Å². The Balaban J connectivity index is 1.92. The number of hydrogen-bond donors (Lipinski definition) is 1. The lowest BCUT2D eigenvalue weighted by Crippen LogP contribution is -2.35. The monoisotopic (exact) mass is 273 g/mol. The first kappa shape index (κ1) is 14.3. The van der Waals surface area contributed by atoms with Crippen LogP contribution in [-0.4, -0.2) is 28.9 Å². The molecule has 2 rings (SSSR count). The van der Waals surface area contributed by atoms with E-state index in [9.17, 15) is 9.59 Å². The van der Waals surface area contributed by atoms with Crippen molar-refractivity contribution >= 4 is 18.0 Å². The molecule has 1 amide bonds. The summed E-state index contributed by atoms with van der Waals surface area (Å²) >= 11 is 0. The van der Waals surface area contributed by atoms with Crippen molar-refractivity contribution in [2.24, 2.45) is 5.92 Å². The second kappa shape index (κ2) is 6.37. The molecule has 0 atom stereocenters. The van der Waals surface area contributed by atoms with Crippen LogP contribution in [0.25, 0.3) is 6.08 Å². The second-order valence-corrected chi connectivity index (χ2v) is 5.24. The molecule has 1 fully saturated rings. The highest BCUT2D eigenvalue weighted by Gasteiger charge is 2.27. The van der Waals surface area contributed by atoms with E-state index in [1.807, 2.05) is 31.3 Å². The van der Waals surface area contributed by atoms with E-state index in [2.05, 4.69) is 0 Å². The Morgan fingerprint density at radius 1 is 1.30 bits per heavy atom. The van der Waals surface area contributed by atoms with Gasteiger partial charge in [0, 0.05) is 25.6 Å². The first-order valence-electron chi connectivity index (χ1n) is 6.81. The van der Waals surface area contributed by atoms with Crippen LogP contribution in [-0.2, 0) is 16.1 Å². The van der Waals surface area contributed by atoms with Gasteiger partial charge >= 0.3 is 5.97 Å². The van der Waals surface area contributed by atoms with Crippen LogP contribution in [0, 0.1) is 5.92 Å². The maximum absolute atomic E-state index is 12.0. The SMILES string of the molecule is CN(Cc1ccc(C=CC(=O)O)cc1)C(=O)C1CCC1. The molecule has 4 nitrogen and oxygen atoms in total. The van der Waals surface area contributed by atoms with Gasteiger partial charge < -0.3 is 10.0 Å². The van der Waals surface area contributed by atoms with Crippen molar-refractivity contribution < 1.29 is 14.7 Å². The molecular weight excluding hydrogens is 254 g/mol. The summed E-state index contributed by atoms with van der Waals surface area (Å²) < 4.78 is 0. The highest BCUT2D eigenvalue weighted by Crippen LogP contribution is 2.28. The Morgan fingerprint density at radius 2 is 1.95 bits per heavy atom. The number of hydrogen-bond acceptors (Lipinski definition) is 2. The molecule has 20 heavy (non-hydrogen) atoms. The van der Waals surface area contributed by atoms with E-state index in [1.165, 1.54) is 0 Å². The minimum absolute atomic E-state index is 0.220. The van der Waals surface area contributed by atoms with Gasteiger partial charge in [0.2, 0.25) is 5.91 Å². The number of rotatable bonds is 5. The van der Waals surface area contributed by atoms with Crippen LogP contribution in [0.1, 0.15) is 30.4 Å². The van der Waals surface area contributed by atoms with E-state index >= 15 is 0 Å². The summed E-state index contributed by atoms with van der Waals surface area (Å²) in [5, 5.41) is 8.56. The predicted octanol–water partition coefficient (Wildman–Crippen LogP) is 2.54. The van der Waals surface area contributed by atoms with Gasteiger partial charge in [-0.05, 0) is 30.0 Å². The zero-order valence-corrected chi connectivity index (χ0v) is 11.6. The molecule has 0 aliphatic heterocycles. The summed E-state index contributed by atoms with van der Waals surface area (Å²) in [5.74, 6) is -0.510. The summed E-state index contributed by atoms with van der Waals surface area (Å²) in [6, 6.07) is 7.56. The largest absolute Gasteiger partial charge is 0.478 e. The maximum Gasteiger partial charge on any atom is 0.328 e. The quantitative estimate of drug-likeness (QED) is 0.839. The third-order valence-corrected chi connectivity index (χ3v) is 3.65. The van der Waals surface area contributed by atoms with Gasteiger partial charge in [0.15, 0.2) is 0 Å². The fraction of sp³-hybridized carbons (Fsp3) is 0.375. The van der Waals surface area contributed by atoms with Gasteiger partial charge in [-0.2, -0.15) is 0 Å². The molecule has 1 aromatic carbocycles. The van der Waals surface area contributed by atoms with E-state index in [0.29, 0.717) is 6.54 Å². The topological polar surface area (TPSA) is 57.6 Å². The normalized spacial score (nSPS) is 15.1. The molecule has 4 heteroatoms. The number of carbonyl (C=O) groups excluding carboxylic acids is 1. The van der Waals surface area contributed by atoms with Crippen LogP contribution in [0.3, 0.4) is 0 Å². The first-order valence-corrected chi connectivity index (χ1v) is 6.81. The molecule has 0 bridgehead atoms. The first-order chi connectivity index (χ1) is 9.56. The van der Waals surface area contributed by atoms with Gasteiger partial charge in [-0.3, -0.25) is 4.79 Å². The van der Waals surface area contributed by atoms with Crippen LogP contribution in [0.2, 0.25) is 0 Å². The number of nitrogens with zero attached hydrogens (tertiary/aromatic N) is 1. The fourth-order valence-corrected chi connectivity index (χ4v) is 2.22. The Morgan fingerprint density at radius 3 is 2.45 bits per heavy atom. The van der Waals surface area contributed by atoms with Crippen molar-refractivity contribution in [3.05, 3.63) is 41.5 Å². The Bertz CT molecular complexity index is 515. The van der Waals surface area contributed by atoms with Crippen molar-refractivity contribution in [2.45, 2.75) is 25.8 Å². The van der Waals surface area contributed by atoms with Crippen molar-refractivity contribution in [3.8, 4) is 0 Å². The molecule has 0 spiro atoms. The van der Waals surface area contributed by atoms with Crippen molar-refractivity contribution in [2.75, 3.05) is 7.05 Å². The minimum Gasteiger partial charge on any atom is -0.478 e. The lowest BCUT2D eigenvalue weighted by atomic mass is 9.84. The van der Waals surface area contributed by atoms with Gasteiger partial charge in [-0.25, -0.2) is 4.79 Å². The zero-order chi connectivity index (χ0) is 14.5. The van der Waals surface area contributed by atoms with E-state index < -0.39 is 5.97 Å². The molecule has 1 aromatic rings. The van der Waals surface area contributed by atoms with E-state index in [-0.39, 0.29) is 11.8 Å². The summed E-state index contributed by atoms with van der Waals surface area (Å²) in [5.41, 5.74) is 1.89. The van der Waals surface area contributed by atoms with E-state index in [1.54, 1.807) is 11.0 Å². The third kappa shape index (κ3) is 3.70. The Hall–Kier alpha value is -2.10. The average molecular weight is 273 g/mol. The highest BCUT2D eigenvalue weighted by molar-refractivity contribution is 5.85. The summed E-state index contributed by atoms with van der Waals surface area (Å²) in [6.07, 6.45) is 5.86. The lowest BCUT2D eigenvalue weighted by Gasteiger charge is -2.29. The average Bonchev–Trinajstić information content (AvgIpc) is 2.35. The summed E-state index contributed by atoms with van der Waals surface area (Å²) in [7, 11) is 1.83. The molecule has 1 aliphatic rings. The van der Waals surface area contributed by atoms with Gasteiger partial charge in [-0.1, -0.05) is 30.7 Å². The molecule has 0 unspecified atom stereocenters. The molecule has 0 aromatic heterocycles. The second-order valence-electron chi connectivity index (χ2n) is 5.24. The van der Waals surface area contributed by atoms with Crippen molar-refractivity contribution in [1.82, 2.24) is 4.90 Å². The van der Waals surface area contributed by atoms with Crippen LogP contribution in [0.5, 0.6) is 0 Å². The van der Waals surface area contributed by atoms with Gasteiger partial charge in [0.05, 0.1) is 0 Å². The molecule has 1 saturated carbocycles. The smallest absolute Gasteiger partial charge is 0.328 e. The fourth-order valence-electron chi connectivity index (χ4n) is 2.22. The summed E-state index contributed by atoms with van der Waals surface area (Å²) in [4.78, 5) is 24.2. The van der Waals surface area contributed by atoms with E-state index in [0.717, 1.165) is 36.5 Å². The van der Waals surface area contributed by atoms with E-state index in [4.69, 9.17) is 5.11 Å². The number of aliphatic carboxylic acids is 1.